The molecule has 8 heteroatoms. The first-order valence-electron chi connectivity index (χ1n) is 7.49. The van der Waals surface area contributed by atoms with Crippen molar-refractivity contribution >= 4 is 35.0 Å². The van der Waals surface area contributed by atoms with Gasteiger partial charge in [0.1, 0.15) is 0 Å². The molecule has 0 aliphatic rings. The van der Waals surface area contributed by atoms with Crippen LogP contribution in [0, 0.1) is 6.92 Å². The largest absolute Gasteiger partial charge is 0.335 e. The van der Waals surface area contributed by atoms with Gasteiger partial charge in [0.05, 0.1) is 5.75 Å². The summed E-state index contributed by atoms with van der Waals surface area (Å²) in [6.07, 6.45) is 0. The van der Waals surface area contributed by atoms with Crippen LogP contribution in [0.25, 0.3) is 11.4 Å². The van der Waals surface area contributed by atoms with Crippen LogP contribution in [-0.2, 0) is 4.79 Å². The number of nitrogens with zero attached hydrogens (tertiary/aromatic N) is 3. The summed E-state index contributed by atoms with van der Waals surface area (Å²) in [6.45, 7) is 1.94. The lowest BCUT2D eigenvalue weighted by molar-refractivity contribution is -0.113. The number of carbonyl (C=O) groups excluding carboxylic acids is 1. The maximum Gasteiger partial charge on any atom is 0.234 e. The van der Waals surface area contributed by atoms with Crippen molar-refractivity contribution in [3.63, 3.8) is 0 Å². The SMILES string of the molecule is Cc1ccccc1NC(=O)CSc1nnc(-c2ccc(Cl)cc2)n1N. The zero-order chi connectivity index (χ0) is 17.8. The Labute approximate surface area is 154 Å². The molecule has 0 saturated heterocycles. The first kappa shape index (κ1) is 17.3. The number of nitrogens with two attached hydrogens (primary N) is 1. The molecule has 25 heavy (non-hydrogen) atoms. The third kappa shape index (κ3) is 4.12. The molecule has 0 aliphatic carbocycles. The second-order valence-electron chi connectivity index (χ2n) is 5.33. The van der Waals surface area contributed by atoms with E-state index in [1.54, 1.807) is 12.1 Å². The Balaban J connectivity index is 1.65. The van der Waals surface area contributed by atoms with Crippen LogP contribution in [0.15, 0.2) is 53.7 Å². The molecule has 0 fully saturated rings. The highest BCUT2D eigenvalue weighted by Gasteiger charge is 2.14. The number of benzene rings is 2. The fourth-order valence-corrected chi connectivity index (χ4v) is 2.98. The van der Waals surface area contributed by atoms with Gasteiger partial charge in [-0.2, -0.15) is 0 Å². The monoisotopic (exact) mass is 373 g/mol. The Morgan fingerprint density at radius 2 is 1.92 bits per heavy atom. The third-order valence-electron chi connectivity index (χ3n) is 3.52. The van der Waals surface area contributed by atoms with E-state index < -0.39 is 0 Å². The molecule has 0 radical (unpaired) electrons. The van der Waals surface area contributed by atoms with Crippen LogP contribution in [0.2, 0.25) is 5.02 Å². The smallest absolute Gasteiger partial charge is 0.234 e. The Kier molecular flexibility index (Phi) is 5.25. The van der Waals surface area contributed by atoms with Crippen LogP contribution in [0.4, 0.5) is 5.69 Å². The molecule has 0 spiro atoms. The number of hydrogen-bond acceptors (Lipinski definition) is 5. The van der Waals surface area contributed by atoms with Gasteiger partial charge in [-0.1, -0.05) is 41.6 Å². The number of para-hydroxylation sites is 1. The number of rotatable bonds is 5. The van der Waals surface area contributed by atoms with Crippen LogP contribution in [-0.4, -0.2) is 26.5 Å². The minimum atomic E-state index is -0.129. The highest BCUT2D eigenvalue weighted by Crippen LogP contribution is 2.23. The van der Waals surface area contributed by atoms with Gasteiger partial charge in [-0.3, -0.25) is 4.79 Å². The van der Waals surface area contributed by atoms with Crippen LogP contribution in [0.3, 0.4) is 0 Å². The van der Waals surface area contributed by atoms with E-state index in [1.165, 1.54) is 16.4 Å². The first-order chi connectivity index (χ1) is 12.0. The summed E-state index contributed by atoms with van der Waals surface area (Å²) in [6, 6.07) is 14.8. The van der Waals surface area contributed by atoms with Crippen LogP contribution in [0.1, 0.15) is 5.56 Å². The maximum atomic E-state index is 12.1. The Bertz CT molecular complexity index is 894. The number of hydrogen-bond donors (Lipinski definition) is 2. The van der Waals surface area contributed by atoms with Gasteiger partial charge >= 0.3 is 0 Å². The minimum Gasteiger partial charge on any atom is -0.335 e. The summed E-state index contributed by atoms with van der Waals surface area (Å²) in [5, 5.41) is 12.1. The summed E-state index contributed by atoms with van der Waals surface area (Å²) in [7, 11) is 0. The van der Waals surface area contributed by atoms with Crippen molar-refractivity contribution < 1.29 is 4.79 Å². The van der Waals surface area contributed by atoms with Crippen molar-refractivity contribution in [2.24, 2.45) is 0 Å². The maximum absolute atomic E-state index is 12.1. The van der Waals surface area contributed by atoms with Gasteiger partial charge in [0, 0.05) is 16.3 Å². The molecule has 0 bridgehead atoms. The summed E-state index contributed by atoms with van der Waals surface area (Å²) in [5.74, 6) is 6.61. The van der Waals surface area contributed by atoms with Gasteiger partial charge in [0.25, 0.3) is 0 Å². The van der Waals surface area contributed by atoms with Gasteiger partial charge in [-0.05, 0) is 42.8 Å². The van der Waals surface area contributed by atoms with E-state index >= 15 is 0 Å². The number of thioether (sulfide) groups is 1. The second kappa shape index (κ2) is 7.58. The predicted molar refractivity (Wildman–Crippen MR) is 101 cm³/mol. The van der Waals surface area contributed by atoms with E-state index in [0.29, 0.717) is 16.0 Å². The van der Waals surface area contributed by atoms with Gasteiger partial charge in [0.2, 0.25) is 11.1 Å². The number of halogens is 1. The summed E-state index contributed by atoms with van der Waals surface area (Å²) >= 11 is 7.11. The van der Waals surface area contributed by atoms with Crippen molar-refractivity contribution in [3.8, 4) is 11.4 Å². The van der Waals surface area contributed by atoms with E-state index in [4.69, 9.17) is 17.4 Å². The molecule has 3 rings (SSSR count). The highest BCUT2D eigenvalue weighted by molar-refractivity contribution is 7.99. The van der Waals surface area contributed by atoms with E-state index in [2.05, 4.69) is 15.5 Å². The fraction of sp³-hybridized carbons (Fsp3) is 0.118. The van der Waals surface area contributed by atoms with Gasteiger partial charge in [-0.15, -0.1) is 10.2 Å². The highest BCUT2D eigenvalue weighted by atomic mass is 35.5. The van der Waals surface area contributed by atoms with E-state index in [-0.39, 0.29) is 11.7 Å². The molecular weight excluding hydrogens is 358 g/mol. The minimum absolute atomic E-state index is 0.129. The number of carbonyl (C=O) groups is 1. The third-order valence-corrected chi connectivity index (χ3v) is 4.71. The Morgan fingerprint density at radius 3 is 2.64 bits per heavy atom. The molecule has 0 atom stereocenters. The van der Waals surface area contributed by atoms with Crippen LogP contribution in [0.5, 0.6) is 0 Å². The topological polar surface area (TPSA) is 85.8 Å². The summed E-state index contributed by atoms with van der Waals surface area (Å²) in [4.78, 5) is 12.1. The number of nitrogen functional groups attached to an aromatic ring is 1. The molecule has 6 nitrogen and oxygen atoms in total. The van der Waals surface area contributed by atoms with Crippen molar-refractivity contribution in [1.29, 1.82) is 0 Å². The average Bonchev–Trinajstić information content (AvgIpc) is 2.97. The van der Waals surface area contributed by atoms with Gasteiger partial charge in [0.15, 0.2) is 5.82 Å². The number of amides is 1. The van der Waals surface area contributed by atoms with Crippen molar-refractivity contribution in [2.45, 2.75) is 12.1 Å². The molecular formula is C17H16ClN5OS. The molecule has 1 heterocycles. The zero-order valence-corrected chi connectivity index (χ0v) is 15.0. The standard InChI is InChI=1S/C17H16ClN5OS/c1-11-4-2-3-5-14(11)20-15(24)10-25-17-22-21-16(23(17)19)12-6-8-13(18)9-7-12/h2-9H,10,19H2,1H3,(H,20,24). The van der Waals surface area contributed by atoms with Crippen molar-refractivity contribution in [3.05, 3.63) is 59.1 Å². The predicted octanol–water partition coefficient (Wildman–Crippen LogP) is 3.35. The lowest BCUT2D eigenvalue weighted by Gasteiger charge is -2.07. The number of nitrogens with one attached hydrogen (secondary N) is 1. The molecule has 3 N–H and O–H groups in total. The number of anilines is 1. The first-order valence-corrected chi connectivity index (χ1v) is 8.85. The zero-order valence-electron chi connectivity index (χ0n) is 13.4. The number of aryl methyl sites for hydroxylation is 1. The van der Waals surface area contributed by atoms with E-state index in [0.717, 1.165) is 16.8 Å². The summed E-state index contributed by atoms with van der Waals surface area (Å²) in [5.41, 5.74) is 2.60. The van der Waals surface area contributed by atoms with Gasteiger partial charge in [-0.25, -0.2) is 4.68 Å². The normalized spacial score (nSPS) is 10.6. The lowest BCUT2D eigenvalue weighted by atomic mass is 10.2. The number of aromatic nitrogens is 3. The van der Waals surface area contributed by atoms with Gasteiger partial charge < -0.3 is 11.2 Å². The molecule has 1 aromatic heterocycles. The molecule has 3 aromatic rings. The van der Waals surface area contributed by atoms with Crippen molar-refractivity contribution in [2.75, 3.05) is 16.9 Å². The van der Waals surface area contributed by atoms with Crippen LogP contribution < -0.4 is 11.2 Å². The van der Waals surface area contributed by atoms with E-state index in [9.17, 15) is 4.79 Å². The average molecular weight is 374 g/mol. The molecule has 2 aromatic carbocycles. The molecule has 0 unspecified atom stereocenters. The second-order valence-corrected chi connectivity index (χ2v) is 6.71. The molecule has 0 saturated carbocycles. The van der Waals surface area contributed by atoms with E-state index in [1.807, 2.05) is 43.3 Å². The van der Waals surface area contributed by atoms with Crippen LogP contribution >= 0.6 is 23.4 Å². The summed E-state index contributed by atoms with van der Waals surface area (Å²) < 4.78 is 1.37. The quantitative estimate of drug-likeness (QED) is 0.529. The lowest BCUT2D eigenvalue weighted by Crippen LogP contribution is -2.16. The molecule has 128 valence electrons. The van der Waals surface area contributed by atoms with Crippen molar-refractivity contribution in [1.82, 2.24) is 14.9 Å². The fourth-order valence-electron chi connectivity index (χ4n) is 2.20. The molecule has 1 amide bonds. The molecule has 0 aliphatic heterocycles. The Hall–Kier alpha value is -2.51. The Morgan fingerprint density at radius 1 is 1.20 bits per heavy atom.